The number of ether oxygens (including phenoxy) is 1. The molecule has 0 aliphatic carbocycles. The Kier molecular flexibility index (Phi) is 6.09. The van der Waals surface area contributed by atoms with Crippen LogP contribution in [0.5, 0.6) is 0 Å². The zero-order valence-corrected chi connectivity index (χ0v) is 14.9. The highest BCUT2D eigenvalue weighted by Gasteiger charge is 2.60. The number of amides is 2. The SMILES string of the molecule is CCCCCCCCCCCCN1C(=O)[C@@H]2[C@H](C1=O)[C@H]1C=C[C@@H]2O1. The van der Waals surface area contributed by atoms with Crippen molar-refractivity contribution in [1.29, 1.82) is 0 Å². The number of carbonyl (C=O) groups is 2. The summed E-state index contributed by atoms with van der Waals surface area (Å²) in [5.41, 5.74) is 0. The second kappa shape index (κ2) is 8.28. The van der Waals surface area contributed by atoms with Crippen LogP contribution in [-0.2, 0) is 14.3 Å². The molecule has 0 unspecified atom stereocenters. The molecule has 0 aromatic heterocycles. The Morgan fingerprint density at radius 1 is 0.792 bits per heavy atom. The Labute approximate surface area is 145 Å². The van der Waals surface area contributed by atoms with Crippen molar-refractivity contribution in [3.63, 3.8) is 0 Å². The number of unbranched alkanes of at least 4 members (excludes halogenated alkanes) is 9. The van der Waals surface area contributed by atoms with Gasteiger partial charge in [0.05, 0.1) is 24.0 Å². The van der Waals surface area contributed by atoms with Crippen LogP contribution in [0.2, 0.25) is 0 Å². The number of likely N-dealkylation sites (tertiary alicyclic amines) is 1. The van der Waals surface area contributed by atoms with Crippen LogP contribution in [0.25, 0.3) is 0 Å². The molecule has 4 heteroatoms. The van der Waals surface area contributed by atoms with Crippen molar-refractivity contribution < 1.29 is 14.3 Å². The van der Waals surface area contributed by atoms with Crippen molar-refractivity contribution in [2.45, 2.75) is 83.3 Å². The van der Waals surface area contributed by atoms with Crippen molar-refractivity contribution in [3.05, 3.63) is 12.2 Å². The molecule has 2 saturated heterocycles. The first-order chi connectivity index (χ1) is 11.7. The molecule has 2 bridgehead atoms. The third kappa shape index (κ3) is 3.58. The van der Waals surface area contributed by atoms with Gasteiger partial charge in [-0.1, -0.05) is 76.9 Å². The molecule has 3 aliphatic rings. The van der Waals surface area contributed by atoms with E-state index in [-0.39, 0.29) is 35.9 Å². The average Bonchev–Trinajstić information content (AvgIpc) is 3.25. The molecule has 4 atom stereocenters. The van der Waals surface area contributed by atoms with E-state index in [2.05, 4.69) is 6.92 Å². The van der Waals surface area contributed by atoms with E-state index in [0.717, 1.165) is 12.8 Å². The van der Waals surface area contributed by atoms with Crippen LogP contribution in [0.1, 0.15) is 71.1 Å². The zero-order chi connectivity index (χ0) is 16.9. The summed E-state index contributed by atoms with van der Waals surface area (Å²) in [6.45, 7) is 2.85. The highest BCUT2D eigenvalue weighted by atomic mass is 16.5. The van der Waals surface area contributed by atoms with Crippen LogP contribution in [-0.4, -0.2) is 35.5 Å². The van der Waals surface area contributed by atoms with Gasteiger partial charge in [0.1, 0.15) is 0 Å². The molecule has 134 valence electrons. The first kappa shape index (κ1) is 17.7. The van der Waals surface area contributed by atoms with E-state index in [1.807, 2.05) is 12.2 Å². The second-order valence-corrected chi connectivity index (χ2v) is 7.51. The zero-order valence-electron chi connectivity index (χ0n) is 14.9. The highest BCUT2D eigenvalue weighted by Crippen LogP contribution is 2.45. The fourth-order valence-corrected chi connectivity index (χ4v) is 4.34. The molecule has 0 spiro atoms. The van der Waals surface area contributed by atoms with Gasteiger partial charge in [-0.25, -0.2) is 0 Å². The summed E-state index contributed by atoms with van der Waals surface area (Å²) in [7, 11) is 0. The number of hydrogen-bond acceptors (Lipinski definition) is 3. The lowest BCUT2D eigenvalue weighted by molar-refractivity contribution is -0.142. The van der Waals surface area contributed by atoms with Gasteiger partial charge in [-0.05, 0) is 6.42 Å². The van der Waals surface area contributed by atoms with Gasteiger partial charge in [0.2, 0.25) is 11.8 Å². The minimum absolute atomic E-state index is 0.00206. The van der Waals surface area contributed by atoms with E-state index < -0.39 is 0 Å². The fraction of sp³-hybridized carbons (Fsp3) is 0.800. The summed E-state index contributed by atoms with van der Waals surface area (Å²) in [5, 5.41) is 0. The Morgan fingerprint density at radius 2 is 1.25 bits per heavy atom. The number of nitrogens with zero attached hydrogens (tertiary/aromatic N) is 1. The standard InChI is InChI=1S/C20H31NO3/c1-2-3-4-5-6-7-8-9-10-11-14-21-19(22)17-15-12-13-16(24-15)18(17)20(21)23/h12-13,15-18H,2-11,14H2,1H3/t15-,16+,17-,18+. The van der Waals surface area contributed by atoms with Crippen molar-refractivity contribution >= 4 is 11.8 Å². The van der Waals surface area contributed by atoms with Crippen molar-refractivity contribution in [3.8, 4) is 0 Å². The molecule has 0 radical (unpaired) electrons. The van der Waals surface area contributed by atoms with Gasteiger partial charge in [0.25, 0.3) is 0 Å². The van der Waals surface area contributed by atoms with Crippen LogP contribution < -0.4 is 0 Å². The molecule has 3 rings (SSSR count). The van der Waals surface area contributed by atoms with E-state index in [9.17, 15) is 9.59 Å². The van der Waals surface area contributed by atoms with E-state index >= 15 is 0 Å². The number of fused-ring (bicyclic) bond motifs is 5. The molecule has 2 fully saturated rings. The minimum atomic E-state index is -0.240. The third-order valence-electron chi connectivity index (χ3n) is 5.74. The summed E-state index contributed by atoms with van der Waals surface area (Å²) in [6.07, 6.45) is 16.2. The normalized spacial score (nSPS) is 30.6. The molecule has 0 aromatic rings. The molecule has 2 amide bonds. The maximum absolute atomic E-state index is 12.5. The summed E-state index contributed by atoms with van der Waals surface area (Å²) < 4.78 is 5.65. The minimum Gasteiger partial charge on any atom is -0.365 e. The van der Waals surface area contributed by atoms with Gasteiger partial charge in [0, 0.05) is 6.54 Å². The predicted octanol–water partition coefficient (Wildman–Crippen LogP) is 3.85. The Balaban J connectivity index is 1.28. The quantitative estimate of drug-likeness (QED) is 0.328. The lowest BCUT2D eigenvalue weighted by Gasteiger charge is -2.17. The van der Waals surface area contributed by atoms with Crippen LogP contribution in [0, 0.1) is 11.8 Å². The maximum atomic E-state index is 12.5. The molecule has 0 aromatic carbocycles. The lowest BCUT2D eigenvalue weighted by atomic mass is 9.85. The van der Waals surface area contributed by atoms with Gasteiger partial charge in [-0.3, -0.25) is 14.5 Å². The molecule has 0 saturated carbocycles. The summed E-state index contributed by atoms with van der Waals surface area (Å²) in [6, 6.07) is 0. The smallest absolute Gasteiger partial charge is 0.236 e. The number of rotatable bonds is 11. The molecular weight excluding hydrogens is 302 g/mol. The molecule has 24 heavy (non-hydrogen) atoms. The summed E-state index contributed by atoms with van der Waals surface area (Å²) >= 11 is 0. The van der Waals surface area contributed by atoms with E-state index in [1.54, 1.807) is 0 Å². The van der Waals surface area contributed by atoms with Crippen molar-refractivity contribution in [2.24, 2.45) is 11.8 Å². The predicted molar refractivity (Wildman–Crippen MR) is 93.3 cm³/mol. The van der Waals surface area contributed by atoms with Crippen LogP contribution in [0.15, 0.2) is 12.2 Å². The monoisotopic (exact) mass is 333 g/mol. The summed E-state index contributed by atoms with van der Waals surface area (Å²) in [4.78, 5) is 26.4. The van der Waals surface area contributed by atoms with Crippen LogP contribution in [0.4, 0.5) is 0 Å². The molecule has 4 nitrogen and oxygen atoms in total. The third-order valence-corrected chi connectivity index (χ3v) is 5.74. The lowest BCUT2D eigenvalue weighted by Crippen LogP contribution is -2.35. The van der Waals surface area contributed by atoms with E-state index in [4.69, 9.17) is 4.74 Å². The Hall–Kier alpha value is -1.16. The molecule has 3 aliphatic heterocycles. The van der Waals surface area contributed by atoms with Gasteiger partial charge in [-0.15, -0.1) is 0 Å². The van der Waals surface area contributed by atoms with E-state index in [0.29, 0.717) is 6.54 Å². The first-order valence-electron chi connectivity index (χ1n) is 9.93. The Bertz CT molecular complexity index is 457. The first-order valence-corrected chi connectivity index (χ1v) is 9.93. The van der Waals surface area contributed by atoms with Gasteiger partial charge < -0.3 is 4.74 Å². The molecular formula is C20H31NO3. The van der Waals surface area contributed by atoms with Crippen molar-refractivity contribution in [2.75, 3.05) is 6.54 Å². The average molecular weight is 333 g/mol. The highest BCUT2D eigenvalue weighted by molar-refractivity contribution is 6.06. The second-order valence-electron chi connectivity index (χ2n) is 7.51. The molecule has 3 heterocycles. The number of imide groups is 1. The number of carbonyl (C=O) groups excluding carboxylic acids is 2. The Morgan fingerprint density at radius 3 is 1.75 bits per heavy atom. The van der Waals surface area contributed by atoms with Crippen molar-refractivity contribution in [1.82, 2.24) is 4.90 Å². The summed E-state index contributed by atoms with van der Waals surface area (Å²) in [5.74, 6) is -0.484. The number of hydrogen-bond donors (Lipinski definition) is 0. The van der Waals surface area contributed by atoms with Gasteiger partial charge in [-0.2, -0.15) is 0 Å². The topological polar surface area (TPSA) is 46.6 Å². The van der Waals surface area contributed by atoms with E-state index in [1.165, 1.54) is 56.3 Å². The van der Waals surface area contributed by atoms with Gasteiger partial charge >= 0.3 is 0 Å². The largest absolute Gasteiger partial charge is 0.365 e. The fourth-order valence-electron chi connectivity index (χ4n) is 4.34. The van der Waals surface area contributed by atoms with Crippen LogP contribution in [0.3, 0.4) is 0 Å². The van der Waals surface area contributed by atoms with Gasteiger partial charge in [0.15, 0.2) is 0 Å². The molecule has 0 N–H and O–H groups in total. The van der Waals surface area contributed by atoms with Crippen LogP contribution >= 0.6 is 0 Å². The maximum Gasteiger partial charge on any atom is 0.236 e.